The summed E-state index contributed by atoms with van der Waals surface area (Å²) in [6, 6.07) is 6.97. The van der Waals surface area contributed by atoms with E-state index in [1.807, 2.05) is 11.0 Å². The average Bonchev–Trinajstić information content (AvgIpc) is 3.44. The molecule has 3 aromatic rings. The van der Waals surface area contributed by atoms with Crippen molar-refractivity contribution in [2.24, 2.45) is 5.73 Å². The molecule has 1 aromatic heterocycles. The monoisotopic (exact) mass is 646 g/mol. The van der Waals surface area contributed by atoms with Crippen molar-refractivity contribution in [1.29, 1.82) is 0 Å². The highest BCUT2D eigenvalue weighted by Crippen LogP contribution is 2.39. The number of rotatable bonds is 15. The fourth-order valence-electron chi connectivity index (χ4n) is 5.55. The first kappa shape index (κ1) is 34.1. The minimum atomic E-state index is -1.53. The number of terminal acetylenes is 1. The van der Waals surface area contributed by atoms with Crippen molar-refractivity contribution >= 4 is 46.3 Å². The summed E-state index contributed by atoms with van der Waals surface area (Å²) in [4.78, 5) is 81.5. The Morgan fingerprint density at radius 3 is 2.38 bits per heavy atom. The SMILES string of the molecule is C#CCN(c1ccc(C(=O)N[C@H](CCC(N)=O)C(=O)N[C@H](CCC(=O)O)C(=O)O)cc1)[C@H]1CCc2cc3nc(CO)[nH]c(=O)c3cc21. The van der Waals surface area contributed by atoms with Gasteiger partial charge in [-0.2, -0.15) is 0 Å². The molecule has 4 rings (SSSR count). The summed E-state index contributed by atoms with van der Waals surface area (Å²) in [5, 5.41) is 32.8. The number of aliphatic hydroxyl groups is 1. The van der Waals surface area contributed by atoms with Crippen LogP contribution in [0.3, 0.4) is 0 Å². The van der Waals surface area contributed by atoms with Crippen molar-refractivity contribution in [3.8, 4) is 12.3 Å². The predicted octanol–water partition coefficient (Wildman–Crippen LogP) is 0.341. The number of aromatic amines is 1. The van der Waals surface area contributed by atoms with Crippen LogP contribution in [0.5, 0.6) is 0 Å². The number of nitrogens with zero attached hydrogens (tertiary/aromatic N) is 2. The van der Waals surface area contributed by atoms with Gasteiger partial charge in [-0.3, -0.25) is 24.0 Å². The number of carbonyl (C=O) groups is 5. The lowest BCUT2D eigenvalue weighted by Crippen LogP contribution is -2.52. The van der Waals surface area contributed by atoms with Gasteiger partial charge in [0.05, 0.1) is 23.5 Å². The first-order valence-electron chi connectivity index (χ1n) is 14.7. The number of fused-ring (bicyclic) bond motifs is 2. The topological polar surface area (TPSA) is 245 Å². The number of H-pyrrole nitrogens is 1. The fourth-order valence-corrected chi connectivity index (χ4v) is 5.55. The number of aliphatic hydroxyl groups excluding tert-OH is 1. The van der Waals surface area contributed by atoms with Crippen LogP contribution >= 0.6 is 0 Å². The molecule has 1 aliphatic carbocycles. The summed E-state index contributed by atoms with van der Waals surface area (Å²) in [5.74, 6) is -2.21. The molecule has 3 atom stereocenters. The molecule has 0 aliphatic heterocycles. The number of aliphatic carboxylic acids is 2. The molecular weight excluding hydrogens is 612 g/mol. The van der Waals surface area contributed by atoms with E-state index in [0.29, 0.717) is 29.4 Å². The number of carboxylic acids is 2. The molecule has 1 aliphatic rings. The third-order valence-electron chi connectivity index (χ3n) is 7.87. The molecule has 15 heteroatoms. The zero-order valence-electron chi connectivity index (χ0n) is 25.2. The van der Waals surface area contributed by atoms with Crippen LogP contribution < -0.4 is 26.8 Å². The standard InChI is InChI=1S/C32H34N6O9/c1-2-13-38(25-10-5-18-14-24-21(15-20(18)25)30(44)37-27(16-39)34-24)19-6-3-17(4-7-19)29(43)35-22(8-11-26(33)40)31(45)36-23(32(46)47)9-12-28(41)42/h1,3-4,6-7,14-15,22-23,25,39H,5,8-13,16H2,(H2,33,40)(H,35,43)(H,36,45)(H,41,42)(H,46,47)(H,34,37,44)/t22-,23-,25+/m1/s1. The number of aromatic nitrogens is 2. The minimum Gasteiger partial charge on any atom is -0.481 e. The van der Waals surface area contributed by atoms with Gasteiger partial charge >= 0.3 is 11.9 Å². The predicted molar refractivity (Wildman–Crippen MR) is 168 cm³/mol. The highest BCUT2D eigenvalue weighted by atomic mass is 16.4. The maximum absolute atomic E-state index is 13.2. The van der Waals surface area contributed by atoms with Crippen molar-refractivity contribution in [3.05, 3.63) is 69.3 Å². The number of hydrogen-bond donors (Lipinski definition) is 7. The maximum atomic E-state index is 13.2. The van der Waals surface area contributed by atoms with Gasteiger partial charge < -0.3 is 41.6 Å². The second-order valence-corrected chi connectivity index (χ2v) is 11.0. The van der Waals surface area contributed by atoms with Crippen LogP contribution in [0.2, 0.25) is 0 Å². The molecule has 0 saturated heterocycles. The molecule has 3 amide bonds. The summed E-state index contributed by atoms with van der Waals surface area (Å²) < 4.78 is 0. The number of aryl methyl sites for hydroxylation is 1. The molecule has 2 aromatic carbocycles. The second kappa shape index (κ2) is 15.0. The molecule has 0 radical (unpaired) electrons. The molecule has 1 heterocycles. The van der Waals surface area contributed by atoms with Crippen LogP contribution in [0.4, 0.5) is 5.69 Å². The van der Waals surface area contributed by atoms with Gasteiger partial charge in [0.2, 0.25) is 11.8 Å². The van der Waals surface area contributed by atoms with Crippen molar-refractivity contribution in [3.63, 3.8) is 0 Å². The van der Waals surface area contributed by atoms with E-state index in [9.17, 15) is 39.0 Å². The van der Waals surface area contributed by atoms with Crippen LogP contribution in [0, 0.1) is 12.3 Å². The highest BCUT2D eigenvalue weighted by Gasteiger charge is 2.30. The zero-order valence-corrected chi connectivity index (χ0v) is 25.2. The summed E-state index contributed by atoms with van der Waals surface area (Å²) >= 11 is 0. The van der Waals surface area contributed by atoms with E-state index < -0.39 is 54.8 Å². The van der Waals surface area contributed by atoms with E-state index in [1.165, 1.54) is 12.1 Å². The average molecular weight is 647 g/mol. The quantitative estimate of drug-likeness (QED) is 0.111. The Morgan fingerprint density at radius 2 is 1.77 bits per heavy atom. The number of nitrogens with two attached hydrogens (primary N) is 1. The number of anilines is 1. The molecule has 15 nitrogen and oxygen atoms in total. The number of amides is 3. The van der Waals surface area contributed by atoms with Gasteiger partial charge in [0.1, 0.15) is 24.5 Å². The number of nitrogens with one attached hydrogen (secondary N) is 3. The first-order chi connectivity index (χ1) is 22.4. The summed E-state index contributed by atoms with van der Waals surface area (Å²) in [6.07, 6.45) is 5.71. The molecule has 0 saturated carbocycles. The Morgan fingerprint density at radius 1 is 1.06 bits per heavy atom. The Bertz CT molecular complexity index is 1800. The molecule has 0 bridgehead atoms. The fraction of sp³-hybridized carbons (Fsp3) is 0.344. The van der Waals surface area contributed by atoms with Crippen molar-refractivity contribution < 1.29 is 39.3 Å². The molecular formula is C32H34N6O9. The number of primary amides is 1. The van der Waals surface area contributed by atoms with Crippen LogP contribution in [-0.2, 0) is 32.2 Å². The minimum absolute atomic E-state index is 0.155. The van der Waals surface area contributed by atoms with Crippen LogP contribution in [-0.4, -0.2) is 73.6 Å². The molecule has 0 spiro atoms. The highest BCUT2D eigenvalue weighted by molar-refractivity contribution is 5.98. The van der Waals surface area contributed by atoms with E-state index >= 15 is 0 Å². The summed E-state index contributed by atoms with van der Waals surface area (Å²) in [5.41, 5.74) is 8.08. The number of hydrogen-bond acceptors (Lipinski definition) is 9. The second-order valence-electron chi connectivity index (χ2n) is 11.0. The number of benzene rings is 2. The normalized spacial score (nSPS) is 14.8. The van der Waals surface area contributed by atoms with Gasteiger partial charge in [-0.05, 0) is 73.2 Å². The van der Waals surface area contributed by atoms with Gasteiger partial charge in [0.15, 0.2) is 0 Å². The molecule has 8 N–H and O–H groups in total. The van der Waals surface area contributed by atoms with Gasteiger partial charge in [0.25, 0.3) is 11.5 Å². The third-order valence-corrected chi connectivity index (χ3v) is 7.87. The van der Waals surface area contributed by atoms with Gasteiger partial charge in [-0.25, -0.2) is 9.78 Å². The van der Waals surface area contributed by atoms with Crippen LogP contribution in [0.15, 0.2) is 41.2 Å². The lowest BCUT2D eigenvalue weighted by atomic mass is 10.0. The summed E-state index contributed by atoms with van der Waals surface area (Å²) in [7, 11) is 0. The lowest BCUT2D eigenvalue weighted by Gasteiger charge is -2.30. The largest absolute Gasteiger partial charge is 0.481 e. The zero-order chi connectivity index (χ0) is 34.2. The molecule has 246 valence electrons. The van der Waals surface area contributed by atoms with Gasteiger partial charge in [0, 0.05) is 24.1 Å². The van der Waals surface area contributed by atoms with E-state index in [1.54, 1.807) is 18.2 Å². The van der Waals surface area contributed by atoms with E-state index in [0.717, 1.165) is 11.1 Å². The molecule has 0 unspecified atom stereocenters. The summed E-state index contributed by atoms with van der Waals surface area (Å²) in [6.45, 7) is -0.177. The Hall–Kier alpha value is -5.75. The van der Waals surface area contributed by atoms with Crippen molar-refractivity contribution in [2.75, 3.05) is 11.4 Å². The number of carboxylic acid groups (broad SMARTS) is 2. The van der Waals surface area contributed by atoms with Crippen molar-refractivity contribution in [2.45, 2.75) is 63.3 Å². The lowest BCUT2D eigenvalue weighted by molar-refractivity contribution is -0.143. The molecule has 0 fully saturated rings. The maximum Gasteiger partial charge on any atom is 0.326 e. The number of carbonyl (C=O) groups excluding carboxylic acids is 3. The van der Waals surface area contributed by atoms with Crippen LogP contribution in [0.25, 0.3) is 10.9 Å². The third kappa shape index (κ3) is 8.30. The van der Waals surface area contributed by atoms with E-state index in [-0.39, 0.29) is 48.8 Å². The van der Waals surface area contributed by atoms with Crippen molar-refractivity contribution in [1.82, 2.24) is 20.6 Å². The Kier molecular flexibility index (Phi) is 10.9. The first-order valence-corrected chi connectivity index (χ1v) is 14.7. The van der Waals surface area contributed by atoms with Crippen LogP contribution in [0.1, 0.15) is 65.5 Å². The van der Waals surface area contributed by atoms with Gasteiger partial charge in [-0.1, -0.05) is 5.92 Å². The van der Waals surface area contributed by atoms with Gasteiger partial charge in [-0.15, -0.1) is 6.42 Å². The smallest absolute Gasteiger partial charge is 0.326 e. The molecule has 47 heavy (non-hydrogen) atoms. The Labute approximate surface area is 268 Å². The van der Waals surface area contributed by atoms with E-state index in [4.69, 9.17) is 17.3 Å². The Balaban J connectivity index is 1.53. The van der Waals surface area contributed by atoms with E-state index in [2.05, 4.69) is 26.5 Å².